The van der Waals surface area contributed by atoms with Crippen LogP contribution in [-0.4, -0.2) is 47.3 Å². The number of ether oxygens (including phenoxy) is 2. The maximum absolute atomic E-state index is 9.38. The standard InChI is InChI=1S/C7H9NO4/c8-3-7-5(10)2-11-6(7)4(9)1-12-7/h4-6,9-10H,1-2H2/t4-,5+,6-,7-/m1/s1. The monoisotopic (exact) mass is 171 g/mol. The van der Waals surface area contributed by atoms with Crippen LogP contribution in [0, 0.1) is 11.3 Å². The van der Waals surface area contributed by atoms with E-state index in [-0.39, 0.29) is 13.2 Å². The lowest BCUT2D eigenvalue weighted by Crippen LogP contribution is -2.45. The minimum absolute atomic E-state index is 0.0509. The number of aliphatic hydroxyl groups excluding tert-OH is 2. The highest BCUT2D eigenvalue weighted by Crippen LogP contribution is 2.36. The maximum atomic E-state index is 9.38. The van der Waals surface area contributed by atoms with Gasteiger partial charge in [-0.15, -0.1) is 0 Å². The third kappa shape index (κ3) is 0.753. The first-order valence-corrected chi connectivity index (χ1v) is 3.73. The molecule has 2 aliphatic heterocycles. The van der Waals surface area contributed by atoms with Crippen molar-refractivity contribution >= 4 is 0 Å². The van der Waals surface area contributed by atoms with Crippen LogP contribution < -0.4 is 0 Å². The van der Waals surface area contributed by atoms with Crippen molar-refractivity contribution in [3.05, 3.63) is 0 Å². The van der Waals surface area contributed by atoms with E-state index in [1.807, 2.05) is 6.07 Å². The van der Waals surface area contributed by atoms with Gasteiger partial charge in [0.25, 0.3) is 0 Å². The van der Waals surface area contributed by atoms with Gasteiger partial charge in [0.15, 0.2) is 0 Å². The Bertz CT molecular complexity index is 238. The van der Waals surface area contributed by atoms with Gasteiger partial charge in [-0.05, 0) is 0 Å². The van der Waals surface area contributed by atoms with Crippen molar-refractivity contribution in [2.45, 2.75) is 23.9 Å². The summed E-state index contributed by atoms with van der Waals surface area (Å²) in [6.45, 7) is 0.102. The molecule has 2 N–H and O–H groups in total. The Morgan fingerprint density at radius 2 is 2.17 bits per heavy atom. The van der Waals surface area contributed by atoms with Crippen molar-refractivity contribution < 1.29 is 19.7 Å². The number of fused-ring (bicyclic) bond motifs is 1. The Balaban J connectivity index is 2.32. The lowest BCUT2D eigenvalue weighted by molar-refractivity contribution is -0.0344. The van der Waals surface area contributed by atoms with E-state index in [1.54, 1.807) is 0 Å². The van der Waals surface area contributed by atoms with Gasteiger partial charge in [-0.3, -0.25) is 0 Å². The molecule has 12 heavy (non-hydrogen) atoms. The normalized spacial score (nSPS) is 51.9. The molecule has 0 aromatic heterocycles. The van der Waals surface area contributed by atoms with E-state index in [0.29, 0.717) is 0 Å². The summed E-state index contributed by atoms with van der Waals surface area (Å²) in [6.07, 6.45) is -2.45. The number of nitriles is 1. The molecule has 2 saturated heterocycles. The molecule has 2 fully saturated rings. The predicted octanol–water partition coefficient (Wildman–Crippen LogP) is -1.60. The van der Waals surface area contributed by atoms with E-state index in [4.69, 9.17) is 14.7 Å². The van der Waals surface area contributed by atoms with Gasteiger partial charge in [-0.2, -0.15) is 5.26 Å². The summed E-state index contributed by atoms with van der Waals surface area (Å²) in [5.74, 6) is 0. The minimum atomic E-state index is -1.33. The average Bonchev–Trinajstić information content (AvgIpc) is 2.55. The van der Waals surface area contributed by atoms with Crippen LogP contribution in [0.15, 0.2) is 0 Å². The molecule has 0 aromatic carbocycles. The lowest BCUT2D eigenvalue weighted by atomic mass is 9.94. The Hall–Kier alpha value is -0.670. The number of aliphatic hydroxyl groups is 2. The lowest BCUT2D eigenvalue weighted by Gasteiger charge is -2.20. The molecule has 5 nitrogen and oxygen atoms in total. The van der Waals surface area contributed by atoms with E-state index < -0.39 is 23.9 Å². The van der Waals surface area contributed by atoms with Crippen molar-refractivity contribution in [1.82, 2.24) is 0 Å². The first kappa shape index (κ1) is 7.95. The smallest absolute Gasteiger partial charge is 0.210 e. The van der Waals surface area contributed by atoms with Crippen LogP contribution in [-0.2, 0) is 9.47 Å². The summed E-state index contributed by atoms with van der Waals surface area (Å²) in [6, 6.07) is 1.86. The first-order chi connectivity index (χ1) is 5.70. The van der Waals surface area contributed by atoms with E-state index in [1.165, 1.54) is 0 Å². The highest BCUT2D eigenvalue weighted by Gasteiger charge is 2.60. The van der Waals surface area contributed by atoms with Crippen molar-refractivity contribution in [2.75, 3.05) is 13.2 Å². The zero-order chi connectivity index (χ0) is 8.77. The van der Waals surface area contributed by atoms with Gasteiger partial charge in [-0.25, -0.2) is 0 Å². The van der Waals surface area contributed by atoms with Crippen LogP contribution in [0.4, 0.5) is 0 Å². The molecule has 0 aliphatic carbocycles. The molecule has 66 valence electrons. The second-order valence-corrected chi connectivity index (χ2v) is 3.05. The summed E-state index contributed by atoms with van der Waals surface area (Å²) in [4.78, 5) is 0. The molecule has 2 aliphatic rings. The van der Waals surface area contributed by atoms with Gasteiger partial charge in [0.1, 0.15) is 24.4 Å². The minimum Gasteiger partial charge on any atom is -0.388 e. The SMILES string of the molecule is N#C[C@]12OC[C@@H](O)[C@H]1OC[C@@H]2O. The molecule has 2 rings (SSSR count). The van der Waals surface area contributed by atoms with Crippen molar-refractivity contribution in [3.8, 4) is 6.07 Å². The molecule has 0 bridgehead atoms. The molecule has 0 amide bonds. The number of hydrogen-bond acceptors (Lipinski definition) is 5. The summed E-state index contributed by atoms with van der Waals surface area (Å²) < 4.78 is 10.1. The van der Waals surface area contributed by atoms with Crippen LogP contribution >= 0.6 is 0 Å². The zero-order valence-corrected chi connectivity index (χ0v) is 6.30. The highest BCUT2D eigenvalue weighted by molar-refractivity contribution is 5.19. The van der Waals surface area contributed by atoms with Gasteiger partial charge in [0, 0.05) is 0 Å². The largest absolute Gasteiger partial charge is 0.388 e. The second-order valence-electron chi connectivity index (χ2n) is 3.05. The summed E-state index contributed by atoms with van der Waals surface area (Å²) in [7, 11) is 0. The molecule has 0 spiro atoms. The molecule has 0 saturated carbocycles. The summed E-state index contributed by atoms with van der Waals surface area (Å²) >= 11 is 0. The third-order valence-electron chi connectivity index (χ3n) is 2.37. The van der Waals surface area contributed by atoms with Crippen LogP contribution in [0.25, 0.3) is 0 Å². The summed E-state index contributed by atoms with van der Waals surface area (Å²) in [5.41, 5.74) is -1.33. The highest BCUT2D eigenvalue weighted by atomic mass is 16.6. The fraction of sp³-hybridized carbons (Fsp3) is 0.857. The van der Waals surface area contributed by atoms with E-state index in [9.17, 15) is 10.2 Å². The van der Waals surface area contributed by atoms with Crippen LogP contribution in [0.3, 0.4) is 0 Å². The third-order valence-corrected chi connectivity index (χ3v) is 2.37. The average molecular weight is 171 g/mol. The number of rotatable bonds is 0. The molecular weight excluding hydrogens is 162 g/mol. The number of nitrogens with zero attached hydrogens (tertiary/aromatic N) is 1. The topological polar surface area (TPSA) is 82.7 Å². The Morgan fingerprint density at radius 1 is 1.42 bits per heavy atom. The van der Waals surface area contributed by atoms with Crippen LogP contribution in [0.1, 0.15) is 0 Å². The maximum Gasteiger partial charge on any atom is 0.210 e. The predicted molar refractivity (Wildman–Crippen MR) is 36.0 cm³/mol. The molecule has 0 unspecified atom stereocenters. The van der Waals surface area contributed by atoms with E-state index >= 15 is 0 Å². The van der Waals surface area contributed by atoms with E-state index in [2.05, 4.69) is 0 Å². The van der Waals surface area contributed by atoms with Gasteiger partial charge >= 0.3 is 0 Å². The van der Waals surface area contributed by atoms with E-state index in [0.717, 1.165) is 0 Å². The second kappa shape index (κ2) is 2.41. The van der Waals surface area contributed by atoms with Gasteiger partial charge in [0.05, 0.1) is 13.2 Å². The Kier molecular flexibility index (Phi) is 1.59. The van der Waals surface area contributed by atoms with Crippen LogP contribution in [0.5, 0.6) is 0 Å². The van der Waals surface area contributed by atoms with Crippen molar-refractivity contribution in [1.29, 1.82) is 5.26 Å². The zero-order valence-electron chi connectivity index (χ0n) is 6.30. The Morgan fingerprint density at radius 3 is 2.75 bits per heavy atom. The molecule has 4 atom stereocenters. The van der Waals surface area contributed by atoms with Crippen molar-refractivity contribution in [3.63, 3.8) is 0 Å². The fourth-order valence-electron chi connectivity index (χ4n) is 1.69. The van der Waals surface area contributed by atoms with Gasteiger partial charge < -0.3 is 19.7 Å². The van der Waals surface area contributed by atoms with Gasteiger partial charge in [0.2, 0.25) is 5.60 Å². The molecular formula is C7H9NO4. The number of hydrogen-bond donors (Lipinski definition) is 2. The van der Waals surface area contributed by atoms with Crippen LogP contribution in [0.2, 0.25) is 0 Å². The Labute approximate surface area is 69.1 Å². The summed E-state index contributed by atoms with van der Waals surface area (Å²) in [5, 5.41) is 27.5. The molecule has 0 radical (unpaired) electrons. The van der Waals surface area contributed by atoms with Crippen molar-refractivity contribution in [2.24, 2.45) is 0 Å². The first-order valence-electron chi connectivity index (χ1n) is 3.73. The fourth-order valence-corrected chi connectivity index (χ4v) is 1.69. The molecule has 5 heteroatoms. The molecule has 2 heterocycles. The quantitative estimate of drug-likeness (QED) is 0.458. The van der Waals surface area contributed by atoms with Gasteiger partial charge in [-0.1, -0.05) is 0 Å². The molecule has 0 aromatic rings.